The van der Waals surface area contributed by atoms with Crippen LogP contribution >= 0.6 is 0 Å². The van der Waals surface area contributed by atoms with Crippen LogP contribution in [-0.2, 0) is 14.6 Å². The predicted molar refractivity (Wildman–Crippen MR) is 77.8 cm³/mol. The summed E-state index contributed by atoms with van der Waals surface area (Å²) in [5.74, 6) is -0.476. The zero-order chi connectivity index (χ0) is 17.8. The number of carbonyl (C=O) groups is 1. The molecule has 0 N–H and O–H groups in total. The number of alkyl halides is 3. The van der Waals surface area contributed by atoms with Crippen LogP contribution in [0.15, 0.2) is 53.4 Å². The number of halogens is 3. The molecule has 0 aromatic heterocycles. The fourth-order valence-electron chi connectivity index (χ4n) is 1.75. The van der Waals surface area contributed by atoms with Gasteiger partial charge in [0.2, 0.25) is 0 Å². The van der Waals surface area contributed by atoms with Crippen LogP contribution in [-0.4, -0.2) is 26.8 Å². The topological polar surface area (TPSA) is 69.7 Å². The van der Waals surface area contributed by atoms with Gasteiger partial charge in [-0.1, -0.05) is 0 Å². The first-order chi connectivity index (χ1) is 11.2. The second-order valence-corrected chi connectivity index (χ2v) is 6.57. The van der Waals surface area contributed by atoms with Gasteiger partial charge in [0, 0.05) is 0 Å². The van der Waals surface area contributed by atoms with E-state index < -0.39 is 22.0 Å². The first-order valence-corrected chi connectivity index (χ1v) is 8.15. The molecule has 0 aliphatic heterocycles. The molecule has 2 aromatic rings. The third-order valence-corrected chi connectivity index (χ3v) is 4.33. The Bertz CT molecular complexity index is 796. The molecule has 2 aromatic carbocycles. The zero-order valence-corrected chi connectivity index (χ0v) is 12.8. The van der Waals surface area contributed by atoms with Crippen molar-refractivity contribution in [3.05, 3.63) is 48.5 Å². The molecule has 0 saturated carbocycles. The zero-order valence-electron chi connectivity index (χ0n) is 12.0. The molecule has 24 heavy (non-hydrogen) atoms. The van der Waals surface area contributed by atoms with E-state index in [4.69, 9.17) is 4.74 Å². The minimum Gasteiger partial charge on any atom is -0.457 e. The summed E-state index contributed by atoms with van der Waals surface area (Å²) in [6.45, 7) is 0. The molecule has 0 aliphatic carbocycles. The summed E-state index contributed by atoms with van der Waals surface area (Å²) in [5, 5.41) is 0. The molecule has 2 rings (SSSR count). The van der Waals surface area contributed by atoms with Crippen molar-refractivity contribution in [1.82, 2.24) is 0 Å². The third-order valence-electron chi connectivity index (χ3n) is 2.76. The summed E-state index contributed by atoms with van der Waals surface area (Å²) in [5.41, 5.74) is 0. The second kappa shape index (κ2) is 6.91. The molecule has 0 heterocycles. The van der Waals surface area contributed by atoms with Gasteiger partial charge in [-0.25, -0.2) is 8.42 Å². The van der Waals surface area contributed by atoms with Crippen molar-refractivity contribution in [1.29, 1.82) is 0 Å². The normalized spacial score (nSPS) is 11.8. The van der Waals surface area contributed by atoms with Gasteiger partial charge in [-0.3, -0.25) is 0 Å². The molecule has 0 atom stereocenters. The molecular weight excluding hydrogens is 349 g/mol. The van der Waals surface area contributed by atoms with E-state index in [1.165, 1.54) is 36.4 Å². The number of benzene rings is 2. The number of carbonyl (C=O) groups excluding carboxylic acids is 1. The smallest absolute Gasteiger partial charge is 0.457 e. The van der Waals surface area contributed by atoms with Gasteiger partial charge in [-0.2, -0.15) is 0 Å². The van der Waals surface area contributed by atoms with Crippen molar-refractivity contribution >= 4 is 16.1 Å². The van der Waals surface area contributed by atoms with Crippen LogP contribution in [0.4, 0.5) is 13.2 Å². The average Bonchev–Trinajstić information content (AvgIpc) is 2.48. The Balaban J connectivity index is 2.08. The van der Waals surface area contributed by atoms with Gasteiger partial charge in [0.25, 0.3) is 0 Å². The lowest BCUT2D eigenvalue weighted by molar-refractivity contribution is -0.274. The Hall–Kier alpha value is -2.55. The monoisotopic (exact) mass is 360 g/mol. The Morgan fingerprint density at radius 2 is 1.33 bits per heavy atom. The van der Waals surface area contributed by atoms with E-state index in [9.17, 15) is 26.4 Å². The van der Waals surface area contributed by atoms with Gasteiger partial charge in [0.1, 0.15) is 29.3 Å². The lowest BCUT2D eigenvalue weighted by atomic mass is 10.3. The summed E-state index contributed by atoms with van der Waals surface area (Å²) in [6, 6.07) is 10.0. The van der Waals surface area contributed by atoms with Crippen LogP contribution in [0.2, 0.25) is 0 Å². The molecule has 0 bridgehead atoms. The van der Waals surface area contributed by atoms with E-state index in [1.807, 2.05) is 0 Å². The van der Waals surface area contributed by atoms with Crippen LogP contribution in [0, 0.1) is 0 Å². The molecule has 5 nitrogen and oxygen atoms in total. The van der Waals surface area contributed by atoms with Crippen molar-refractivity contribution in [2.45, 2.75) is 11.3 Å². The van der Waals surface area contributed by atoms with Crippen molar-refractivity contribution in [3.63, 3.8) is 0 Å². The maximum Gasteiger partial charge on any atom is 0.573 e. The molecule has 0 spiro atoms. The SMILES string of the molecule is O=CCS(=O)(=O)c1ccc(Oc2ccc(OC(F)(F)F)cc2)cc1. The molecule has 0 saturated heterocycles. The first kappa shape index (κ1) is 17.8. The summed E-state index contributed by atoms with van der Waals surface area (Å²) >= 11 is 0. The van der Waals surface area contributed by atoms with Crippen molar-refractivity contribution in [2.75, 3.05) is 5.75 Å². The highest BCUT2D eigenvalue weighted by molar-refractivity contribution is 7.92. The highest BCUT2D eigenvalue weighted by Crippen LogP contribution is 2.27. The van der Waals surface area contributed by atoms with E-state index in [-0.39, 0.29) is 22.1 Å². The maximum absolute atomic E-state index is 12.1. The van der Waals surface area contributed by atoms with E-state index in [0.29, 0.717) is 6.29 Å². The third kappa shape index (κ3) is 4.98. The Kier molecular flexibility index (Phi) is 5.13. The number of aldehydes is 1. The second-order valence-electron chi connectivity index (χ2n) is 4.54. The minimum absolute atomic E-state index is 0.0316. The summed E-state index contributed by atoms with van der Waals surface area (Å²) in [4.78, 5) is 10.3. The summed E-state index contributed by atoms with van der Waals surface area (Å²) in [6.07, 6.45) is -4.48. The Morgan fingerprint density at radius 3 is 1.79 bits per heavy atom. The lowest BCUT2D eigenvalue weighted by Gasteiger charge is -2.10. The predicted octanol–water partition coefficient (Wildman–Crippen LogP) is 3.35. The Labute approximate surface area is 135 Å². The van der Waals surface area contributed by atoms with E-state index in [0.717, 1.165) is 12.1 Å². The highest BCUT2D eigenvalue weighted by Gasteiger charge is 2.30. The number of rotatable bonds is 6. The number of hydrogen-bond donors (Lipinski definition) is 0. The molecule has 0 radical (unpaired) electrons. The average molecular weight is 360 g/mol. The van der Waals surface area contributed by atoms with Gasteiger partial charge in [0.15, 0.2) is 9.84 Å². The van der Waals surface area contributed by atoms with Gasteiger partial charge in [-0.05, 0) is 48.5 Å². The fraction of sp³-hybridized carbons (Fsp3) is 0.133. The van der Waals surface area contributed by atoms with Crippen LogP contribution in [0.25, 0.3) is 0 Å². The maximum atomic E-state index is 12.1. The molecule has 9 heteroatoms. The van der Waals surface area contributed by atoms with E-state index in [1.54, 1.807) is 0 Å². The molecule has 128 valence electrons. The standard InChI is InChI=1S/C15H11F3O5S/c16-15(17,18)23-13-3-1-11(2-4-13)22-12-5-7-14(8-6-12)24(20,21)10-9-19/h1-9H,10H2. The van der Waals surface area contributed by atoms with Gasteiger partial charge < -0.3 is 14.3 Å². The molecule has 0 aliphatic rings. The quantitative estimate of drug-likeness (QED) is 0.739. The van der Waals surface area contributed by atoms with Gasteiger partial charge in [-0.15, -0.1) is 13.2 Å². The minimum atomic E-state index is -4.77. The van der Waals surface area contributed by atoms with E-state index >= 15 is 0 Å². The van der Waals surface area contributed by atoms with Crippen LogP contribution < -0.4 is 9.47 Å². The number of sulfone groups is 1. The first-order valence-electron chi connectivity index (χ1n) is 6.50. The lowest BCUT2D eigenvalue weighted by Crippen LogP contribution is -2.16. The fourth-order valence-corrected chi connectivity index (χ4v) is 2.67. The highest BCUT2D eigenvalue weighted by atomic mass is 32.2. The van der Waals surface area contributed by atoms with Gasteiger partial charge >= 0.3 is 6.36 Å². The molecule has 0 unspecified atom stereocenters. The van der Waals surface area contributed by atoms with Gasteiger partial charge in [0.05, 0.1) is 4.90 Å². The van der Waals surface area contributed by atoms with Crippen molar-refractivity contribution < 1.29 is 35.9 Å². The van der Waals surface area contributed by atoms with Crippen LogP contribution in [0.1, 0.15) is 0 Å². The van der Waals surface area contributed by atoms with E-state index in [2.05, 4.69) is 4.74 Å². The Morgan fingerprint density at radius 1 is 0.875 bits per heavy atom. The van der Waals surface area contributed by atoms with Crippen LogP contribution in [0.5, 0.6) is 17.2 Å². The number of ether oxygens (including phenoxy) is 2. The van der Waals surface area contributed by atoms with Crippen LogP contribution in [0.3, 0.4) is 0 Å². The largest absolute Gasteiger partial charge is 0.573 e. The van der Waals surface area contributed by atoms with Crippen molar-refractivity contribution in [2.24, 2.45) is 0 Å². The molecule has 0 amide bonds. The summed E-state index contributed by atoms with van der Waals surface area (Å²) in [7, 11) is -3.67. The molecule has 0 fully saturated rings. The summed E-state index contributed by atoms with van der Waals surface area (Å²) < 4.78 is 68.6. The number of hydrogen-bond acceptors (Lipinski definition) is 5. The van der Waals surface area contributed by atoms with Crippen molar-refractivity contribution in [3.8, 4) is 17.2 Å². The molecular formula is C15H11F3O5S.